The largest absolute Gasteiger partial charge is 0.390 e. The number of hydrogen-bond acceptors (Lipinski definition) is 3. The second kappa shape index (κ2) is 5.65. The zero-order valence-corrected chi connectivity index (χ0v) is 10.6. The maximum Gasteiger partial charge on any atom is 0.0860 e. The zero-order valence-electron chi connectivity index (χ0n) is 10.6. The summed E-state index contributed by atoms with van der Waals surface area (Å²) >= 11 is 0. The molecular formula is C13H23N3O. The van der Waals surface area contributed by atoms with Crippen molar-refractivity contribution in [3.8, 4) is 0 Å². The Hall–Kier alpha value is -0.870. The van der Waals surface area contributed by atoms with Crippen LogP contribution in [0.25, 0.3) is 0 Å². The van der Waals surface area contributed by atoms with Gasteiger partial charge in [-0.2, -0.15) is 5.10 Å². The highest BCUT2D eigenvalue weighted by Gasteiger charge is 2.40. The molecular weight excluding hydrogens is 214 g/mol. The van der Waals surface area contributed by atoms with E-state index in [1.54, 1.807) is 10.9 Å². The van der Waals surface area contributed by atoms with E-state index < -0.39 is 0 Å². The predicted octanol–water partition coefficient (Wildman–Crippen LogP) is 1.41. The van der Waals surface area contributed by atoms with E-state index in [0.717, 1.165) is 6.54 Å². The topological polar surface area (TPSA) is 50.1 Å². The maximum atomic E-state index is 9.84. The van der Waals surface area contributed by atoms with Gasteiger partial charge in [-0.3, -0.25) is 4.68 Å². The van der Waals surface area contributed by atoms with Crippen LogP contribution in [0.2, 0.25) is 0 Å². The van der Waals surface area contributed by atoms with Gasteiger partial charge in [0.05, 0.1) is 12.6 Å². The summed E-state index contributed by atoms with van der Waals surface area (Å²) in [6, 6.07) is 1.88. The van der Waals surface area contributed by atoms with Crippen molar-refractivity contribution >= 4 is 0 Å². The first kappa shape index (κ1) is 12.6. The molecule has 1 heterocycles. The number of nitrogens with zero attached hydrogens (tertiary/aromatic N) is 2. The van der Waals surface area contributed by atoms with E-state index >= 15 is 0 Å². The normalized spacial score (nSPS) is 19.2. The van der Waals surface area contributed by atoms with Crippen LogP contribution in [0.15, 0.2) is 18.5 Å². The van der Waals surface area contributed by atoms with Crippen LogP contribution < -0.4 is 5.32 Å². The predicted molar refractivity (Wildman–Crippen MR) is 67.7 cm³/mol. The molecule has 1 atom stereocenters. The molecule has 1 fully saturated rings. The SMILES string of the molecule is CCCC1(CNCC(O)Cn2cccn2)CC1. The lowest BCUT2D eigenvalue weighted by molar-refractivity contribution is 0.144. The Morgan fingerprint density at radius 3 is 2.94 bits per heavy atom. The zero-order chi connectivity index (χ0) is 12.1. The van der Waals surface area contributed by atoms with Crippen molar-refractivity contribution in [2.24, 2.45) is 5.41 Å². The summed E-state index contributed by atoms with van der Waals surface area (Å²) in [7, 11) is 0. The van der Waals surface area contributed by atoms with Crippen LogP contribution in [0, 0.1) is 5.41 Å². The molecule has 0 radical (unpaired) electrons. The molecule has 0 amide bonds. The van der Waals surface area contributed by atoms with Gasteiger partial charge in [-0.05, 0) is 30.7 Å². The van der Waals surface area contributed by atoms with E-state index in [1.165, 1.54) is 25.7 Å². The maximum absolute atomic E-state index is 9.84. The fourth-order valence-corrected chi connectivity index (χ4v) is 2.42. The Morgan fingerprint density at radius 1 is 1.53 bits per heavy atom. The fourth-order valence-electron chi connectivity index (χ4n) is 2.42. The van der Waals surface area contributed by atoms with Gasteiger partial charge in [0.25, 0.3) is 0 Å². The van der Waals surface area contributed by atoms with E-state index in [0.29, 0.717) is 18.5 Å². The van der Waals surface area contributed by atoms with Gasteiger partial charge in [-0.1, -0.05) is 13.3 Å². The molecule has 0 aromatic carbocycles. The van der Waals surface area contributed by atoms with Gasteiger partial charge in [0.15, 0.2) is 0 Å². The van der Waals surface area contributed by atoms with Gasteiger partial charge in [0.2, 0.25) is 0 Å². The Balaban J connectivity index is 1.62. The van der Waals surface area contributed by atoms with Crippen molar-refractivity contribution in [2.45, 2.75) is 45.3 Å². The monoisotopic (exact) mass is 237 g/mol. The lowest BCUT2D eigenvalue weighted by Crippen LogP contribution is -2.34. The molecule has 2 N–H and O–H groups in total. The van der Waals surface area contributed by atoms with E-state index in [2.05, 4.69) is 17.3 Å². The molecule has 96 valence electrons. The van der Waals surface area contributed by atoms with E-state index in [4.69, 9.17) is 0 Å². The standard InChI is InChI=1S/C13H23N3O/c1-2-4-13(5-6-13)11-14-9-12(17)10-16-8-3-7-15-16/h3,7-8,12,14,17H,2,4-6,9-11H2,1H3. The molecule has 2 rings (SSSR count). The minimum Gasteiger partial charge on any atom is -0.390 e. The molecule has 1 aliphatic rings. The lowest BCUT2D eigenvalue weighted by Gasteiger charge is -2.17. The van der Waals surface area contributed by atoms with Crippen LogP contribution in [0.4, 0.5) is 0 Å². The van der Waals surface area contributed by atoms with Crippen LogP contribution in [0.1, 0.15) is 32.6 Å². The molecule has 0 saturated heterocycles. The molecule has 0 bridgehead atoms. The highest BCUT2D eigenvalue weighted by atomic mass is 16.3. The van der Waals surface area contributed by atoms with Crippen molar-refractivity contribution in [1.82, 2.24) is 15.1 Å². The molecule has 1 aliphatic carbocycles. The summed E-state index contributed by atoms with van der Waals surface area (Å²) in [5.74, 6) is 0. The molecule has 1 unspecified atom stereocenters. The van der Waals surface area contributed by atoms with Crippen molar-refractivity contribution < 1.29 is 5.11 Å². The van der Waals surface area contributed by atoms with Crippen LogP contribution in [-0.4, -0.2) is 34.1 Å². The van der Waals surface area contributed by atoms with E-state index in [-0.39, 0.29) is 6.10 Å². The van der Waals surface area contributed by atoms with Crippen LogP contribution >= 0.6 is 0 Å². The summed E-state index contributed by atoms with van der Waals surface area (Å²) < 4.78 is 1.77. The number of nitrogens with one attached hydrogen (secondary N) is 1. The second-order valence-corrected chi connectivity index (χ2v) is 5.26. The average Bonchev–Trinajstić information content (AvgIpc) is 2.86. The van der Waals surface area contributed by atoms with Crippen LogP contribution in [0.3, 0.4) is 0 Å². The lowest BCUT2D eigenvalue weighted by atomic mass is 10.0. The number of aliphatic hydroxyl groups is 1. The Labute approximate surface area is 103 Å². The summed E-state index contributed by atoms with van der Waals surface area (Å²) in [5.41, 5.74) is 0.556. The highest BCUT2D eigenvalue weighted by molar-refractivity contribution is 4.94. The molecule has 4 heteroatoms. The van der Waals surface area contributed by atoms with E-state index in [1.807, 2.05) is 12.3 Å². The van der Waals surface area contributed by atoms with Crippen molar-refractivity contribution in [2.75, 3.05) is 13.1 Å². The number of rotatable bonds is 8. The minimum atomic E-state index is -0.354. The molecule has 1 aromatic heterocycles. The Kier molecular flexibility index (Phi) is 4.18. The third-order valence-electron chi connectivity index (χ3n) is 3.57. The number of aromatic nitrogens is 2. The first-order chi connectivity index (χ1) is 8.24. The quantitative estimate of drug-likeness (QED) is 0.719. The van der Waals surface area contributed by atoms with E-state index in [9.17, 15) is 5.11 Å². The third-order valence-corrected chi connectivity index (χ3v) is 3.57. The van der Waals surface area contributed by atoms with Crippen molar-refractivity contribution in [1.29, 1.82) is 0 Å². The Bertz CT molecular complexity index is 319. The summed E-state index contributed by atoms with van der Waals surface area (Å²) in [4.78, 5) is 0. The molecule has 0 aliphatic heterocycles. The molecule has 17 heavy (non-hydrogen) atoms. The number of aliphatic hydroxyl groups excluding tert-OH is 1. The third kappa shape index (κ3) is 3.82. The van der Waals surface area contributed by atoms with Gasteiger partial charge in [-0.25, -0.2) is 0 Å². The van der Waals surface area contributed by atoms with Crippen molar-refractivity contribution in [3.63, 3.8) is 0 Å². The summed E-state index contributed by atoms with van der Waals surface area (Å²) in [6.07, 6.45) is 8.54. The molecule has 1 aromatic rings. The smallest absolute Gasteiger partial charge is 0.0860 e. The average molecular weight is 237 g/mol. The first-order valence-electron chi connectivity index (χ1n) is 6.60. The second-order valence-electron chi connectivity index (χ2n) is 5.26. The van der Waals surface area contributed by atoms with Gasteiger partial charge < -0.3 is 10.4 Å². The first-order valence-corrected chi connectivity index (χ1v) is 6.60. The van der Waals surface area contributed by atoms with Crippen LogP contribution in [0.5, 0.6) is 0 Å². The van der Waals surface area contributed by atoms with Gasteiger partial charge in [0.1, 0.15) is 0 Å². The summed E-state index contributed by atoms with van der Waals surface area (Å²) in [6.45, 7) is 4.52. The fraction of sp³-hybridized carbons (Fsp3) is 0.769. The van der Waals surface area contributed by atoms with Crippen LogP contribution in [-0.2, 0) is 6.54 Å². The summed E-state index contributed by atoms with van der Waals surface area (Å²) in [5, 5.41) is 17.3. The molecule has 4 nitrogen and oxygen atoms in total. The van der Waals surface area contributed by atoms with Gasteiger partial charge in [-0.15, -0.1) is 0 Å². The van der Waals surface area contributed by atoms with Crippen molar-refractivity contribution in [3.05, 3.63) is 18.5 Å². The van der Waals surface area contributed by atoms with Gasteiger partial charge in [0, 0.05) is 25.5 Å². The van der Waals surface area contributed by atoms with Gasteiger partial charge >= 0.3 is 0 Å². The highest BCUT2D eigenvalue weighted by Crippen LogP contribution is 2.48. The minimum absolute atomic E-state index is 0.354. The molecule has 0 spiro atoms. The molecule has 1 saturated carbocycles. The Morgan fingerprint density at radius 2 is 2.35 bits per heavy atom. The number of hydrogen-bond donors (Lipinski definition) is 2.